The molecule has 0 spiro atoms. The monoisotopic (exact) mass is 356 g/mol. The summed E-state index contributed by atoms with van der Waals surface area (Å²) in [6, 6.07) is 0. The third-order valence-corrected chi connectivity index (χ3v) is 4.29. The molecule has 0 aromatic heterocycles. The number of esters is 1. The van der Waals surface area contributed by atoms with Gasteiger partial charge in [0.05, 0.1) is 12.7 Å². The number of rotatable bonds is 10. The molecule has 3 atom stereocenters. The second-order valence-corrected chi connectivity index (χ2v) is 6.54. The predicted octanol–water partition coefficient (Wildman–Crippen LogP) is 3.34. The van der Waals surface area contributed by atoms with Gasteiger partial charge >= 0.3 is 5.97 Å². The van der Waals surface area contributed by atoms with Crippen molar-refractivity contribution < 1.29 is 28.5 Å². The van der Waals surface area contributed by atoms with Crippen LogP contribution in [-0.4, -0.2) is 51.1 Å². The maximum Gasteiger partial charge on any atom is 0.302 e. The van der Waals surface area contributed by atoms with Crippen molar-refractivity contribution in [2.75, 3.05) is 26.4 Å². The molecule has 0 bridgehead atoms. The first-order chi connectivity index (χ1) is 12.2. The predicted molar refractivity (Wildman–Crippen MR) is 93.0 cm³/mol. The summed E-state index contributed by atoms with van der Waals surface area (Å²) in [4.78, 5) is 10.7. The highest BCUT2D eigenvalue weighted by Crippen LogP contribution is 2.19. The number of carbonyl (C=O) groups excluding carboxylic acids is 1. The minimum atomic E-state index is -0.263. The van der Waals surface area contributed by atoms with E-state index in [0.29, 0.717) is 13.2 Å². The van der Waals surface area contributed by atoms with E-state index in [-0.39, 0.29) is 24.7 Å². The number of allylic oxidation sites excluding steroid dienone is 1. The highest BCUT2D eigenvalue weighted by atomic mass is 16.7. The van der Waals surface area contributed by atoms with Crippen molar-refractivity contribution in [3.63, 3.8) is 0 Å². The molecule has 6 heteroatoms. The molecule has 2 aliphatic heterocycles. The molecule has 144 valence electrons. The molecule has 6 nitrogen and oxygen atoms in total. The Bertz CT molecular complexity index is 385. The van der Waals surface area contributed by atoms with E-state index in [2.05, 4.69) is 0 Å². The van der Waals surface area contributed by atoms with Crippen LogP contribution in [0.2, 0.25) is 0 Å². The summed E-state index contributed by atoms with van der Waals surface area (Å²) in [7, 11) is 0. The summed E-state index contributed by atoms with van der Waals surface area (Å²) in [5.74, 6) is -0.263. The van der Waals surface area contributed by atoms with Crippen LogP contribution in [0.5, 0.6) is 0 Å². The zero-order valence-corrected chi connectivity index (χ0v) is 15.3. The van der Waals surface area contributed by atoms with Gasteiger partial charge in [0.2, 0.25) is 0 Å². The fourth-order valence-corrected chi connectivity index (χ4v) is 2.91. The largest absolute Gasteiger partial charge is 0.462 e. The van der Waals surface area contributed by atoms with Crippen molar-refractivity contribution in [2.45, 2.75) is 77.0 Å². The standard InChI is InChI=1S/C19H32O6/c1-16(20)21-12-6-2-3-9-17(25-19-11-5-8-14-23-19)15-24-18-10-4-7-13-22-18/h2,6,17-19H,3-5,7-15H2,1H3/b6-2+/t17-,18?,19?/m0/s1. The fourth-order valence-electron chi connectivity index (χ4n) is 2.91. The molecule has 2 saturated heterocycles. The first kappa shape index (κ1) is 20.4. The fraction of sp³-hybridized carbons (Fsp3) is 0.842. The minimum Gasteiger partial charge on any atom is -0.462 e. The lowest BCUT2D eigenvalue weighted by atomic mass is 10.1. The zero-order chi connectivity index (χ0) is 17.7. The van der Waals surface area contributed by atoms with E-state index in [1.165, 1.54) is 6.92 Å². The summed E-state index contributed by atoms with van der Waals surface area (Å²) >= 11 is 0. The maximum absolute atomic E-state index is 10.7. The molecule has 2 heterocycles. The number of carbonyl (C=O) groups is 1. The molecule has 2 rings (SSSR count). The van der Waals surface area contributed by atoms with Crippen molar-refractivity contribution in [2.24, 2.45) is 0 Å². The summed E-state index contributed by atoms with van der Waals surface area (Å²) in [5, 5.41) is 0. The Labute approximate surface area is 150 Å². The van der Waals surface area contributed by atoms with Crippen LogP contribution in [0.15, 0.2) is 12.2 Å². The van der Waals surface area contributed by atoms with Crippen molar-refractivity contribution in [1.29, 1.82) is 0 Å². The van der Waals surface area contributed by atoms with Gasteiger partial charge in [-0.05, 0) is 51.4 Å². The molecule has 0 aliphatic carbocycles. The van der Waals surface area contributed by atoms with Gasteiger partial charge in [0, 0.05) is 20.1 Å². The number of hydrogen-bond donors (Lipinski definition) is 0. The summed E-state index contributed by atoms with van der Waals surface area (Å²) in [6.07, 6.45) is 11.7. The zero-order valence-electron chi connectivity index (χ0n) is 15.3. The van der Waals surface area contributed by atoms with Crippen LogP contribution in [0.4, 0.5) is 0 Å². The first-order valence-corrected chi connectivity index (χ1v) is 9.52. The Balaban J connectivity index is 1.71. The number of hydrogen-bond acceptors (Lipinski definition) is 6. The molecule has 0 radical (unpaired) electrons. The molecule has 0 aromatic carbocycles. The topological polar surface area (TPSA) is 63.2 Å². The summed E-state index contributed by atoms with van der Waals surface area (Å²) in [5.41, 5.74) is 0. The Morgan fingerprint density at radius 2 is 1.80 bits per heavy atom. The van der Waals surface area contributed by atoms with Crippen LogP contribution < -0.4 is 0 Å². The van der Waals surface area contributed by atoms with Gasteiger partial charge in [0.15, 0.2) is 12.6 Å². The van der Waals surface area contributed by atoms with Gasteiger partial charge in [-0.25, -0.2) is 0 Å². The van der Waals surface area contributed by atoms with Gasteiger partial charge in [-0.1, -0.05) is 12.2 Å². The second kappa shape index (κ2) is 12.4. The lowest BCUT2D eigenvalue weighted by Crippen LogP contribution is -2.33. The van der Waals surface area contributed by atoms with E-state index in [0.717, 1.165) is 64.6 Å². The molecule has 0 N–H and O–H groups in total. The quantitative estimate of drug-likeness (QED) is 0.442. The molecular weight excluding hydrogens is 324 g/mol. The number of ether oxygens (including phenoxy) is 5. The molecule has 2 unspecified atom stereocenters. The van der Waals surface area contributed by atoms with Gasteiger partial charge in [-0.15, -0.1) is 0 Å². The van der Waals surface area contributed by atoms with Gasteiger partial charge in [0.1, 0.15) is 6.61 Å². The van der Waals surface area contributed by atoms with Crippen molar-refractivity contribution in [1.82, 2.24) is 0 Å². The Morgan fingerprint density at radius 1 is 1.08 bits per heavy atom. The van der Waals surface area contributed by atoms with Crippen LogP contribution >= 0.6 is 0 Å². The maximum atomic E-state index is 10.7. The summed E-state index contributed by atoms with van der Waals surface area (Å²) < 4.78 is 28.2. The van der Waals surface area contributed by atoms with Crippen LogP contribution in [0.3, 0.4) is 0 Å². The average molecular weight is 356 g/mol. The van der Waals surface area contributed by atoms with E-state index in [9.17, 15) is 4.79 Å². The van der Waals surface area contributed by atoms with E-state index in [1.807, 2.05) is 12.2 Å². The van der Waals surface area contributed by atoms with Crippen molar-refractivity contribution >= 4 is 5.97 Å². The first-order valence-electron chi connectivity index (χ1n) is 9.52. The van der Waals surface area contributed by atoms with Crippen LogP contribution in [-0.2, 0) is 28.5 Å². The van der Waals surface area contributed by atoms with Crippen molar-refractivity contribution in [3.05, 3.63) is 12.2 Å². The van der Waals surface area contributed by atoms with Gasteiger partial charge in [-0.2, -0.15) is 0 Å². The third kappa shape index (κ3) is 9.35. The van der Waals surface area contributed by atoms with Gasteiger partial charge in [0.25, 0.3) is 0 Å². The van der Waals surface area contributed by atoms with Crippen molar-refractivity contribution in [3.8, 4) is 0 Å². The SMILES string of the molecule is CC(=O)OC/C=C/CC[C@@H](COC1CCCCO1)OC1CCCCO1. The Hall–Kier alpha value is -0.950. The molecule has 0 saturated carbocycles. The normalized spacial score (nSPS) is 25.8. The summed E-state index contributed by atoms with van der Waals surface area (Å²) in [6.45, 7) is 3.79. The Kier molecular flexibility index (Phi) is 10.1. The third-order valence-electron chi connectivity index (χ3n) is 4.29. The Morgan fingerprint density at radius 3 is 2.44 bits per heavy atom. The minimum absolute atomic E-state index is 0.0213. The highest BCUT2D eigenvalue weighted by molar-refractivity contribution is 5.65. The van der Waals surface area contributed by atoms with E-state index >= 15 is 0 Å². The highest BCUT2D eigenvalue weighted by Gasteiger charge is 2.22. The van der Waals surface area contributed by atoms with E-state index in [1.54, 1.807) is 0 Å². The van der Waals surface area contributed by atoms with Crippen LogP contribution in [0, 0.1) is 0 Å². The molecule has 0 aromatic rings. The second-order valence-electron chi connectivity index (χ2n) is 6.54. The van der Waals surface area contributed by atoms with Gasteiger partial charge in [-0.3, -0.25) is 4.79 Å². The molecule has 2 aliphatic rings. The molecule has 2 fully saturated rings. The van der Waals surface area contributed by atoms with Gasteiger partial charge < -0.3 is 23.7 Å². The molecule has 25 heavy (non-hydrogen) atoms. The lowest BCUT2D eigenvalue weighted by molar-refractivity contribution is -0.224. The van der Waals surface area contributed by atoms with E-state index < -0.39 is 0 Å². The molecular formula is C19H32O6. The van der Waals surface area contributed by atoms with E-state index in [4.69, 9.17) is 23.7 Å². The smallest absolute Gasteiger partial charge is 0.302 e. The lowest BCUT2D eigenvalue weighted by Gasteiger charge is -2.29. The molecule has 0 amide bonds. The average Bonchev–Trinajstić information content (AvgIpc) is 2.64. The van der Waals surface area contributed by atoms with Crippen LogP contribution in [0.25, 0.3) is 0 Å². The van der Waals surface area contributed by atoms with Crippen LogP contribution in [0.1, 0.15) is 58.3 Å².